The number of carbonyl (C=O) groups excluding carboxylic acids is 1. The normalized spacial score (nSPS) is 18.9. The first kappa shape index (κ1) is 47.7. The third-order valence-corrected chi connectivity index (χ3v) is 14.8. The zero-order valence-electron chi connectivity index (χ0n) is 40.1. The Bertz CT molecular complexity index is 3240. The maximum Gasteiger partial charge on any atom is 0.410 e. The Morgan fingerprint density at radius 1 is 0.667 bits per heavy atom. The van der Waals surface area contributed by atoms with E-state index in [1.165, 1.54) is 12.7 Å². The van der Waals surface area contributed by atoms with Crippen LogP contribution >= 0.6 is 15.9 Å². The molecule has 0 unspecified atom stereocenters. The number of amides is 1. The summed E-state index contributed by atoms with van der Waals surface area (Å²) in [5.74, 6) is 0. The van der Waals surface area contributed by atoms with Crippen LogP contribution in [-0.4, -0.2) is 112 Å². The van der Waals surface area contributed by atoms with Crippen molar-refractivity contribution >= 4 is 65.5 Å². The van der Waals surface area contributed by atoms with E-state index in [-0.39, 0.29) is 23.1 Å². The summed E-state index contributed by atoms with van der Waals surface area (Å²) in [6.45, 7) is 17.7. The second kappa shape index (κ2) is 19.2. The van der Waals surface area contributed by atoms with Crippen LogP contribution in [0.5, 0.6) is 0 Å². The molecule has 8 aromatic rings. The Hall–Kier alpha value is -6.40. The summed E-state index contributed by atoms with van der Waals surface area (Å²) in [5, 5.41) is 13.9. The third-order valence-electron chi connectivity index (χ3n) is 12.8. The summed E-state index contributed by atoms with van der Waals surface area (Å²) in [4.78, 5) is 28.7. The van der Waals surface area contributed by atoms with Crippen LogP contribution in [0.15, 0.2) is 131 Å². The molecule has 358 valence electrons. The highest BCUT2D eigenvalue weighted by Gasteiger charge is 2.34. The summed E-state index contributed by atoms with van der Waals surface area (Å²) in [7, 11) is -2.18. The summed E-state index contributed by atoms with van der Waals surface area (Å²) in [6.07, 6.45) is 11.0. The molecule has 15 nitrogen and oxygen atoms in total. The molecule has 0 radical (unpaired) electrons. The minimum Gasteiger partial charge on any atom is -0.444 e. The number of nitrogens with zero attached hydrogens (tertiary/aromatic N) is 9. The number of ether oxygens (including phenoxy) is 1. The second-order valence-corrected chi connectivity index (χ2v) is 21.7. The van der Waals surface area contributed by atoms with Crippen molar-refractivity contribution in [2.75, 3.05) is 43.0 Å². The van der Waals surface area contributed by atoms with Crippen molar-refractivity contribution in [3.63, 3.8) is 0 Å². The van der Waals surface area contributed by atoms with Crippen molar-refractivity contribution in [3.05, 3.63) is 127 Å². The highest BCUT2D eigenvalue weighted by atomic mass is 79.9. The van der Waals surface area contributed by atoms with Crippen LogP contribution in [0.3, 0.4) is 0 Å². The predicted molar refractivity (Wildman–Crippen MR) is 277 cm³/mol. The lowest BCUT2D eigenvalue weighted by Gasteiger charge is -2.45. The van der Waals surface area contributed by atoms with Gasteiger partial charge in [-0.15, -0.1) is 0 Å². The van der Waals surface area contributed by atoms with Crippen molar-refractivity contribution in [1.29, 1.82) is 0 Å². The Morgan fingerprint density at radius 3 is 1.77 bits per heavy atom. The molecule has 10 rings (SSSR count). The van der Waals surface area contributed by atoms with Gasteiger partial charge in [-0.25, -0.2) is 36.9 Å². The highest BCUT2D eigenvalue weighted by Crippen LogP contribution is 2.35. The first-order valence-electron chi connectivity index (χ1n) is 23.2. The van der Waals surface area contributed by atoms with Gasteiger partial charge in [0.1, 0.15) is 5.60 Å². The van der Waals surface area contributed by atoms with Gasteiger partial charge in [0.2, 0.25) is 10.0 Å². The largest absolute Gasteiger partial charge is 0.444 e. The van der Waals surface area contributed by atoms with E-state index in [9.17, 15) is 13.2 Å². The molecule has 2 saturated heterocycles. The Labute approximate surface area is 411 Å². The van der Waals surface area contributed by atoms with Gasteiger partial charge in [0.25, 0.3) is 0 Å². The molecule has 1 amide bonds. The average molecular weight is 1010 g/mol. The molecule has 0 saturated carbocycles. The number of aromatic nitrogens is 6. The predicted octanol–water partition coefficient (Wildman–Crippen LogP) is 9.30. The molecule has 6 heterocycles. The van der Waals surface area contributed by atoms with Gasteiger partial charge >= 0.3 is 6.09 Å². The zero-order chi connectivity index (χ0) is 48.8. The van der Waals surface area contributed by atoms with Crippen molar-refractivity contribution < 1.29 is 17.9 Å². The van der Waals surface area contributed by atoms with Gasteiger partial charge in [-0.2, -0.15) is 10.2 Å². The molecule has 2 fully saturated rings. The maximum atomic E-state index is 12.6. The molecule has 0 spiro atoms. The van der Waals surface area contributed by atoms with E-state index >= 15 is 0 Å². The van der Waals surface area contributed by atoms with E-state index in [1.807, 2.05) is 74.7 Å². The average Bonchev–Trinajstić information content (AvgIpc) is 3.93. The molecule has 69 heavy (non-hydrogen) atoms. The Morgan fingerprint density at radius 2 is 1.19 bits per heavy atom. The molecule has 0 bridgehead atoms. The monoisotopic (exact) mass is 1010 g/mol. The lowest BCUT2D eigenvalue weighted by molar-refractivity contribution is 0.0193. The fourth-order valence-electron chi connectivity index (χ4n) is 9.67. The number of hydrogen-bond acceptors (Lipinski definition) is 11. The molecular weight excluding hydrogens is 955 g/mol. The molecule has 17 heteroatoms. The third kappa shape index (κ3) is 9.78. The van der Waals surface area contributed by atoms with Crippen LogP contribution in [0.25, 0.3) is 55.4 Å². The molecule has 2 aliphatic heterocycles. The molecule has 4 atom stereocenters. The second-order valence-electron chi connectivity index (χ2n) is 19.0. The first-order chi connectivity index (χ1) is 33.0. The topological polar surface area (TPSA) is 155 Å². The standard InChI is InChI=1S/C29H30N6O2S.C23H28BrN5O2/c1-19-14-31-15-20(2)35(19)23-12-10-21(11-13-23)22-16-32-29-27(17-33-34(29)18-22)25-6-4-8-26-24(25)7-5-9-28(26)38(36,37)30-3;1-15-12-27(22(30)31-23(3,4)5)13-16(2)29(15)19-8-6-17(7-9-19)18-10-25-21-20(24)11-26-28(21)14-18/h4-13,16-20,30-31H,14-15H2,1-3H3;6-11,14-16H,12-13H2,1-5H3/t19-,20+;15-,16+. The van der Waals surface area contributed by atoms with Crippen LogP contribution in [-0.2, 0) is 14.8 Å². The van der Waals surface area contributed by atoms with Gasteiger partial charge < -0.3 is 24.8 Å². The van der Waals surface area contributed by atoms with Gasteiger partial charge in [0, 0.05) is 109 Å². The first-order valence-corrected chi connectivity index (χ1v) is 25.5. The van der Waals surface area contributed by atoms with Gasteiger partial charge in [-0.3, -0.25) is 0 Å². The van der Waals surface area contributed by atoms with Crippen LogP contribution < -0.4 is 19.8 Å². The number of sulfonamides is 1. The summed E-state index contributed by atoms with van der Waals surface area (Å²) < 4.78 is 37.6. The number of hydrogen-bond donors (Lipinski definition) is 2. The van der Waals surface area contributed by atoms with E-state index < -0.39 is 15.6 Å². The summed E-state index contributed by atoms with van der Waals surface area (Å²) in [5.41, 5.74) is 9.25. The van der Waals surface area contributed by atoms with Gasteiger partial charge in [0.05, 0.1) is 21.8 Å². The van der Waals surface area contributed by atoms with Crippen LogP contribution in [0.2, 0.25) is 0 Å². The zero-order valence-corrected chi connectivity index (χ0v) is 42.5. The number of nitrogens with one attached hydrogen (secondary N) is 2. The lowest BCUT2D eigenvalue weighted by Crippen LogP contribution is -2.58. The minimum absolute atomic E-state index is 0.182. The van der Waals surface area contributed by atoms with E-state index in [1.54, 1.807) is 33.6 Å². The molecule has 2 N–H and O–H groups in total. The van der Waals surface area contributed by atoms with Crippen molar-refractivity contribution in [2.45, 2.75) is 83.1 Å². The minimum atomic E-state index is -3.60. The lowest BCUT2D eigenvalue weighted by atomic mass is 10.00. The number of carbonyl (C=O) groups is 1. The van der Waals surface area contributed by atoms with Crippen molar-refractivity contribution in [3.8, 4) is 33.4 Å². The Kier molecular flexibility index (Phi) is 13.2. The highest BCUT2D eigenvalue weighted by molar-refractivity contribution is 9.10. The number of rotatable bonds is 7. The Balaban J connectivity index is 0.000000176. The van der Waals surface area contributed by atoms with Crippen molar-refractivity contribution in [1.82, 2.24) is 44.1 Å². The van der Waals surface area contributed by atoms with Crippen LogP contribution in [0, 0.1) is 0 Å². The molecule has 4 aromatic heterocycles. The fourth-order valence-corrected chi connectivity index (χ4v) is 11.0. The molecular formula is C52H58BrN11O4S. The van der Waals surface area contributed by atoms with E-state index in [0.29, 0.717) is 36.2 Å². The van der Waals surface area contributed by atoms with Crippen LogP contribution in [0.4, 0.5) is 16.2 Å². The molecule has 0 aliphatic carbocycles. The van der Waals surface area contributed by atoms with Crippen molar-refractivity contribution in [2.24, 2.45) is 0 Å². The number of fused-ring (bicyclic) bond motifs is 3. The molecule has 2 aliphatic rings. The quantitative estimate of drug-likeness (QED) is 0.157. The van der Waals surface area contributed by atoms with Crippen LogP contribution in [0.1, 0.15) is 48.5 Å². The summed E-state index contributed by atoms with van der Waals surface area (Å²) in [6, 6.07) is 29.3. The number of piperazine rings is 2. The van der Waals surface area contributed by atoms with Gasteiger partial charge in [-0.1, -0.05) is 54.6 Å². The van der Waals surface area contributed by atoms with Gasteiger partial charge in [-0.05, 0) is 124 Å². The number of anilines is 2. The molecule has 4 aromatic carbocycles. The fraction of sp³-hybridized carbons (Fsp3) is 0.327. The van der Waals surface area contributed by atoms with Gasteiger partial charge in [0.15, 0.2) is 11.3 Å². The van der Waals surface area contributed by atoms with E-state index in [0.717, 1.165) is 67.7 Å². The van der Waals surface area contributed by atoms with E-state index in [2.05, 4.69) is 127 Å². The SMILES string of the molecule is CNS(=O)(=O)c1cccc2c(-c3cnn4cc(-c5ccc(N6[C@H](C)CNC[C@@H]6C)cc5)cnc34)cccc12.C[C@@H]1CN(C(=O)OC(C)(C)C)C[C@H](C)N1c1ccc(-c2cnc3c(Br)cnn3c2)cc1. The maximum absolute atomic E-state index is 12.6. The van der Waals surface area contributed by atoms with E-state index in [4.69, 9.17) is 9.72 Å². The number of benzene rings is 4. The summed E-state index contributed by atoms with van der Waals surface area (Å²) >= 11 is 3.46. The number of halogens is 1. The smallest absolute Gasteiger partial charge is 0.410 e.